The fourth-order valence-corrected chi connectivity index (χ4v) is 3.14. The summed E-state index contributed by atoms with van der Waals surface area (Å²) in [7, 11) is 1.96. The molecule has 0 amide bonds. The summed E-state index contributed by atoms with van der Waals surface area (Å²) in [5.41, 5.74) is 1.12. The van der Waals surface area contributed by atoms with Crippen LogP contribution in [0.3, 0.4) is 0 Å². The molecular weight excluding hydrogens is 334 g/mol. The average molecular weight is 354 g/mol. The van der Waals surface area contributed by atoms with Crippen LogP contribution in [0, 0.1) is 0 Å². The van der Waals surface area contributed by atoms with Gasteiger partial charge in [0.15, 0.2) is 0 Å². The summed E-state index contributed by atoms with van der Waals surface area (Å²) >= 11 is 5.32. The molecule has 2 aromatic rings. The third kappa shape index (κ3) is 4.65. The number of aryl methyl sites for hydroxylation is 1. The van der Waals surface area contributed by atoms with Crippen molar-refractivity contribution in [3.05, 3.63) is 46.7 Å². The fraction of sp³-hybridized carbons (Fsp3) is 0.400. The Hall–Kier alpha value is -0.780. The minimum absolute atomic E-state index is 0.296. The number of aromatic nitrogens is 2. The lowest BCUT2D eigenvalue weighted by molar-refractivity contribution is 0.555. The van der Waals surface area contributed by atoms with Gasteiger partial charge in [0.1, 0.15) is 0 Å². The Bertz CT molecular complexity index is 524. The van der Waals surface area contributed by atoms with Gasteiger partial charge in [-0.05, 0) is 43.3 Å². The van der Waals surface area contributed by atoms with E-state index in [0.717, 1.165) is 28.9 Å². The van der Waals surface area contributed by atoms with Gasteiger partial charge in [-0.25, -0.2) is 0 Å². The zero-order valence-corrected chi connectivity index (χ0v) is 14.2. The van der Waals surface area contributed by atoms with E-state index in [2.05, 4.69) is 63.6 Å². The van der Waals surface area contributed by atoms with E-state index in [0.29, 0.717) is 6.04 Å². The van der Waals surface area contributed by atoms with Crippen molar-refractivity contribution >= 4 is 27.7 Å². The topological polar surface area (TPSA) is 29.9 Å². The van der Waals surface area contributed by atoms with Crippen LogP contribution in [0.25, 0.3) is 0 Å². The van der Waals surface area contributed by atoms with Gasteiger partial charge in [0.05, 0.1) is 11.7 Å². The van der Waals surface area contributed by atoms with E-state index in [4.69, 9.17) is 0 Å². The number of hydrogen-bond donors (Lipinski definition) is 1. The first-order chi connectivity index (χ1) is 9.69. The molecule has 0 saturated carbocycles. The highest BCUT2D eigenvalue weighted by Gasteiger charge is 2.13. The van der Waals surface area contributed by atoms with Crippen molar-refractivity contribution < 1.29 is 0 Å². The van der Waals surface area contributed by atoms with Crippen molar-refractivity contribution in [1.82, 2.24) is 15.1 Å². The summed E-state index contributed by atoms with van der Waals surface area (Å²) in [6, 6.07) is 10.8. The molecule has 20 heavy (non-hydrogen) atoms. The summed E-state index contributed by atoms with van der Waals surface area (Å²) < 4.78 is 2.98. The molecule has 1 atom stereocenters. The number of halogens is 1. The van der Waals surface area contributed by atoms with E-state index in [9.17, 15) is 0 Å². The lowest BCUT2D eigenvalue weighted by Crippen LogP contribution is -2.24. The lowest BCUT2D eigenvalue weighted by Gasteiger charge is -2.16. The van der Waals surface area contributed by atoms with Crippen LogP contribution in [0.15, 0.2) is 45.9 Å². The second kappa shape index (κ2) is 7.86. The first-order valence-corrected chi connectivity index (χ1v) is 8.58. The molecule has 0 radical (unpaired) electrons. The molecular formula is C15H20BrN3S. The molecule has 108 valence electrons. The van der Waals surface area contributed by atoms with Crippen LogP contribution in [0.5, 0.6) is 0 Å². The van der Waals surface area contributed by atoms with Gasteiger partial charge < -0.3 is 5.32 Å². The molecule has 5 heteroatoms. The summed E-state index contributed by atoms with van der Waals surface area (Å²) in [5.74, 6) is 0.985. The smallest absolute Gasteiger partial charge is 0.0802 e. The number of nitrogens with zero attached hydrogens (tertiary/aromatic N) is 2. The van der Waals surface area contributed by atoms with E-state index >= 15 is 0 Å². The normalized spacial score (nSPS) is 12.6. The van der Waals surface area contributed by atoms with Crippen molar-refractivity contribution in [2.24, 2.45) is 7.05 Å². The van der Waals surface area contributed by atoms with Gasteiger partial charge in [0.25, 0.3) is 0 Å². The molecule has 0 bridgehead atoms. The van der Waals surface area contributed by atoms with Crippen LogP contribution in [0.1, 0.15) is 25.1 Å². The Morgan fingerprint density at radius 1 is 1.30 bits per heavy atom. The molecule has 1 aromatic carbocycles. The maximum Gasteiger partial charge on any atom is 0.0802 e. The summed E-state index contributed by atoms with van der Waals surface area (Å²) in [6.45, 7) is 3.20. The number of rotatable bonds is 7. The van der Waals surface area contributed by atoms with Gasteiger partial charge in [-0.2, -0.15) is 5.10 Å². The predicted octanol–water partition coefficient (Wildman–Crippen LogP) is 4.02. The molecule has 0 aliphatic heterocycles. The van der Waals surface area contributed by atoms with E-state index in [1.54, 1.807) is 0 Å². The Morgan fingerprint density at radius 3 is 2.65 bits per heavy atom. The molecule has 0 saturated heterocycles. The maximum atomic E-state index is 4.52. The highest BCUT2D eigenvalue weighted by atomic mass is 79.9. The van der Waals surface area contributed by atoms with Crippen molar-refractivity contribution in [3.63, 3.8) is 0 Å². The Balaban J connectivity index is 1.98. The molecule has 0 spiro atoms. The van der Waals surface area contributed by atoms with Crippen molar-refractivity contribution in [2.75, 3.05) is 12.3 Å². The molecule has 0 fully saturated rings. The largest absolute Gasteiger partial charge is 0.308 e. The molecule has 1 aromatic heterocycles. The highest BCUT2D eigenvalue weighted by Crippen LogP contribution is 2.25. The minimum atomic E-state index is 0.296. The van der Waals surface area contributed by atoms with E-state index in [1.165, 1.54) is 4.90 Å². The maximum absolute atomic E-state index is 4.52. The zero-order valence-electron chi connectivity index (χ0n) is 11.8. The molecule has 1 unspecified atom stereocenters. The van der Waals surface area contributed by atoms with Crippen LogP contribution < -0.4 is 5.32 Å². The second-order valence-corrected chi connectivity index (χ2v) is 6.69. The lowest BCUT2D eigenvalue weighted by atomic mass is 10.2. The molecule has 3 nitrogen and oxygen atoms in total. The average Bonchev–Trinajstić information content (AvgIpc) is 2.87. The van der Waals surface area contributed by atoms with Crippen molar-refractivity contribution in [1.29, 1.82) is 0 Å². The summed E-state index contributed by atoms with van der Waals surface area (Å²) in [6.07, 6.45) is 3.13. The molecule has 1 N–H and O–H groups in total. The van der Waals surface area contributed by atoms with Gasteiger partial charge in [-0.15, -0.1) is 11.8 Å². The Labute approximate surface area is 133 Å². The van der Waals surface area contributed by atoms with Gasteiger partial charge in [0, 0.05) is 28.4 Å². The van der Waals surface area contributed by atoms with Gasteiger partial charge in [0.2, 0.25) is 0 Å². The minimum Gasteiger partial charge on any atom is -0.308 e. The fourth-order valence-electron chi connectivity index (χ4n) is 1.90. The first kappa shape index (κ1) is 15.6. The van der Waals surface area contributed by atoms with Gasteiger partial charge in [-0.1, -0.05) is 22.9 Å². The number of benzene rings is 1. The summed E-state index contributed by atoms with van der Waals surface area (Å²) in [5, 5.41) is 8.10. The monoisotopic (exact) mass is 353 g/mol. The van der Waals surface area contributed by atoms with Gasteiger partial charge in [-0.3, -0.25) is 4.68 Å². The molecule has 0 aliphatic carbocycles. The standard InChI is InChI=1S/C15H20BrN3S/c1-3-9-17-15(14-8-10-19(2)18-14)11-20-13-6-4-12(16)5-7-13/h4-8,10,15,17H,3,9,11H2,1-2H3. The molecule has 0 aliphatic rings. The van der Waals surface area contributed by atoms with Crippen molar-refractivity contribution in [2.45, 2.75) is 24.3 Å². The van der Waals surface area contributed by atoms with E-state index in [1.807, 2.05) is 29.7 Å². The number of nitrogens with one attached hydrogen (secondary N) is 1. The van der Waals surface area contributed by atoms with Gasteiger partial charge >= 0.3 is 0 Å². The molecule has 1 heterocycles. The first-order valence-electron chi connectivity index (χ1n) is 6.80. The predicted molar refractivity (Wildman–Crippen MR) is 89.1 cm³/mol. The quantitative estimate of drug-likeness (QED) is 0.762. The van der Waals surface area contributed by atoms with Crippen LogP contribution in [0.2, 0.25) is 0 Å². The number of hydrogen-bond acceptors (Lipinski definition) is 3. The summed E-state index contributed by atoms with van der Waals surface area (Å²) in [4.78, 5) is 1.28. The second-order valence-electron chi connectivity index (χ2n) is 4.69. The van der Waals surface area contributed by atoms with E-state index < -0.39 is 0 Å². The van der Waals surface area contributed by atoms with Crippen LogP contribution in [-0.2, 0) is 7.05 Å². The third-order valence-corrected chi connectivity index (χ3v) is 4.60. The highest BCUT2D eigenvalue weighted by molar-refractivity contribution is 9.10. The zero-order chi connectivity index (χ0) is 14.4. The Morgan fingerprint density at radius 2 is 2.05 bits per heavy atom. The Kier molecular flexibility index (Phi) is 6.13. The van der Waals surface area contributed by atoms with Crippen molar-refractivity contribution in [3.8, 4) is 0 Å². The van der Waals surface area contributed by atoms with Crippen LogP contribution in [-0.4, -0.2) is 22.1 Å². The van der Waals surface area contributed by atoms with Crippen LogP contribution >= 0.6 is 27.7 Å². The van der Waals surface area contributed by atoms with E-state index in [-0.39, 0.29) is 0 Å². The molecule has 2 rings (SSSR count). The number of thioether (sulfide) groups is 1. The SMILES string of the molecule is CCCNC(CSc1ccc(Br)cc1)c1ccn(C)n1. The van der Waals surface area contributed by atoms with Crippen LogP contribution in [0.4, 0.5) is 0 Å². The third-order valence-electron chi connectivity index (χ3n) is 2.96.